The molecular weight excluding hydrogens is 212 g/mol. The van der Waals surface area contributed by atoms with E-state index in [1.807, 2.05) is 0 Å². The van der Waals surface area contributed by atoms with Gasteiger partial charge in [-0.3, -0.25) is 4.79 Å². The van der Waals surface area contributed by atoms with E-state index in [0.29, 0.717) is 5.56 Å². The van der Waals surface area contributed by atoms with Crippen LogP contribution in [-0.4, -0.2) is 5.11 Å². The first kappa shape index (κ1) is 14.3. The predicted molar refractivity (Wildman–Crippen MR) is 72.3 cm³/mol. The summed E-state index contributed by atoms with van der Waals surface area (Å²) in [7, 11) is 0. The zero-order chi connectivity index (χ0) is 12.5. The second kappa shape index (κ2) is 8.32. The van der Waals surface area contributed by atoms with Crippen molar-refractivity contribution in [3.05, 3.63) is 15.8 Å². The normalized spacial score (nSPS) is 11.4. The molecule has 0 spiro atoms. The third-order valence-electron chi connectivity index (χ3n) is 3.49. The third-order valence-corrected chi connectivity index (χ3v) is 3.49. The molecule has 2 heteroatoms. The van der Waals surface area contributed by atoms with Gasteiger partial charge in [-0.1, -0.05) is 64.7 Å². The zero-order valence-electron chi connectivity index (χ0n) is 11.1. The summed E-state index contributed by atoms with van der Waals surface area (Å²) in [6.45, 7) is 2.25. The smallest absolute Gasteiger partial charge is 0.227 e. The van der Waals surface area contributed by atoms with Crippen molar-refractivity contribution in [3.8, 4) is 5.75 Å². The first-order valence-corrected chi connectivity index (χ1v) is 7.24. The first-order chi connectivity index (χ1) is 8.27. The lowest BCUT2D eigenvalue weighted by molar-refractivity contribution is 0.484. The number of rotatable bonds is 11. The van der Waals surface area contributed by atoms with E-state index in [1.165, 1.54) is 57.8 Å². The topological polar surface area (TPSA) is 37.3 Å². The summed E-state index contributed by atoms with van der Waals surface area (Å²) in [5.74, 6) is 0.0425. The van der Waals surface area contributed by atoms with E-state index in [4.69, 9.17) is 5.11 Å². The lowest BCUT2D eigenvalue weighted by Gasteiger charge is -2.01. The van der Waals surface area contributed by atoms with Crippen LogP contribution in [0.3, 0.4) is 0 Å². The van der Waals surface area contributed by atoms with Gasteiger partial charge in [0.25, 0.3) is 0 Å². The minimum atomic E-state index is -0.0964. The Hall–Kier alpha value is -0.790. The standard InChI is InChI=1S/C15H26O2/c1-2-3-4-5-6-7-8-9-10-11-12-13-14(16)15(13)17/h16H,2-12H2,1H3. The lowest BCUT2D eigenvalue weighted by atomic mass is 10.1. The molecule has 0 amide bonds. The van der Waals surface area contributed by atoms with Crippen molar-refractivity contribution >= 4 is 0 Å². The molecule has 0 unspecified atom stereocenters. The minimum Gasteiger partial charge on any atom is -0.504 e. The second-order valence-corrected chi connectivity index (χ2v) is 5.09. The van der Waals surface area contributed by atoms with Crippen LogP contribution in [0, 0.1) is 0 Å². The average Bonchev–Trinajstić information content (AvgIpc) is 2.89. The van der Waals surface area contributed by atoms with Crippen molar-refractivity contribution in [1.29, 1.82) is 0 Å². The largest absolute Gasteiger partial charge is 0.504 e. The first-order valence-electron chi connectivity index (χ1n) is 7.24. The third kappa shape index (κ3) is 5.90. The molecule has 0 aliphatic rings. The van der Waals surface area contributed by atoms with Crippen molar-refractivity contribution in [2.24, 2.45) is 0 Å². The highest BCUT2D eigenvalue weighted by Gasteiger charge is 2.19. The van der Waals surface area contributed by atoms with Gasteiger partial charge >= 0.3 is 0 Å². The van der Waals surface area contributed by atoms with Gasteiger partial charge in [0.15, 0.2) is 5.75 Å². The summed E-state index contributed by atoms with van der Waals surface area (Å²) in [5.41, 5.74) is 0.588. The van der Waals surface area contributed by atoms with Gasteiger partial charge in [0.05, 0.1) is 0 Å². The van der Waals surface area contributed by atoms with E-state index in [0.717, 1.165) is 12.8 Å². The van der Waals surface area contributed by atoms with E-state index in [-0.39, 0.29) is 11.2 Å². The molecule has 17 heavy (non-hydrogen) atoms. The van der Waals surface area contributed by atoms with Crippen LogP contribution in [0.15, 0.2) is 4.79 Å². The molecule has 0 saturated carbocycles. The summed E-state index contributed by atoms with van der Waals surface area (Å²) in [6, 6.07) is 0. The van der Waals surface area contributed by atoms with Crippen LogP contribution in [0.4, 0.5) is 0 Å². The van der Waals surface area contributed by atoms with Crippen LogP contribution in [0.2, 0.25) is 0 Å². The number of unbranched alkanes of at least 4 members (excludes halogenated alkanes) is 9. The quantitative estimate of drug-likeness (QED) is 0.589. The van der Waals surface area contributed by atoms with Crippen molar-refractivity contribution in [2.45, 2.75) is 77.6 Å². The van der Waals surface area contributed by atoms with E-state index in [9.17, 15) is 4.79 Å². The Kier molecular flexibility index (Phi) is 6.99. The van der Waals surface area contributed by atoms with Gasteiger partial charge in [0, 0.05) is 5.56 Å². The van der Waals surface area contributed by atoms with Crippen molar-refractivity contribution in [2.75, 3.05) is 0 Å². The Bertz CT molecular complexity index is 308. The molecule has 2 nitrogen and oxygen atoms in total. The maximum absolute atomic E-state index is 10.8. The van der Waals surface area contributed by atoms with Crippen LogP contribution in [0.1, 0.15) is 76.7 Å². The Morgan fingerprint density at radius 3 is 1.65 bits per heavy atom. The molecule has 0 radical (unpaired) electrons. The fraction of sp³-hybridized carbons (Fsp3) is 0.800. The molecule has 0 aliphatic heterocycles. The van der Waals surface area contributed by atoms with Crippen LogP contribution in [0.5, 0.6) is 5.75 Å². The lowest BCUT2D eigenvalue weighted by Crippen LogP contribution is -1.85. The molecule has 0 atom stereocenters. The molecular formula is C15H26O2. The molecule has 1 rings (SSSR count). The summed E-state index contributed by atoms with van der Waals surface area (Å²) < 4.78 is 0. The van der Waals surface area contributed by atoms with E-state index in [2.05, 4.69) is 6.92 Å². The monoisotopic (exact) mass is 238 g/mol. The van der Waals surface area contributed by atoms with Gasteiger partial charge in [-0.15, -0.1) is 0 Å². The Morgan fingerprint density at radius 1 is 0.824 bits per heavy atom. The molecule has 98 valence electrons. The molecule has 0 bridgehead atoms. The van der Waals surface area contributed by atoms with Gasteiger partial charge < -0.3 is 5.11 Å². The molecule has 0 heterocycles. The Balaban J connectivity index is 1.76. The fourth-order valence-electron chi connectivity index (χ4n) is 2.22. The molecule has 1 aromatic carbocycles. The molecule has 1 aromatic rings. The maximum Gasteiger partial charge on any atom is 0.227 e. The second-order valence-electron chi connectivity index (χ2n) is 5.09. The van der Waals surface area contributed by atoms with Crippen molar-refractivity contribution in [3.63, 3.8) is 0 Å². The van der Waals surface area contributed by atoms with Gasteiger partial charge in [-0.05, 0) is 12.8 Å². The molecule has 0 fully saturated rings. The van der Waals surface area contributed by atoms with Crippen molar-refractivity contribution < 1.29 is 5.11 Å². The van der Waals surface area contributed by atoms with Crippen LogP contribution >= 0.6 is 0 Å². The summed E-state index contributed by atoms with van der Waals surface area (Å²) >= 11 is 0. The number of aromatic hydroxyl groups is 1. The van der Waals surface area contributed by atoms with Crippen molar-refractivity contribution in [1.82, 2.24) is 0 Å². The van der Waals surface area contributed by atoms with E-state index < -0.39 is 0 Å². The summed E-state index contributed by atoms with van der Waals surface area (Å²) in [6.07, 6.45) is 13.9. The fourth-order valence-corrected chi connectivity index (χ4v) is 2.22. The van der Waals surface area contributed by atoms with E-state index >= 15 is 0 Å². The van der Waals surface area contributed by atoms with Crippen LogP contribution in [-0.2, 0) is 6.42 Å². The Morgan fingerprint density at radius 2 is 1.24 bits per heavy atom. The highest BCUT2D eigenvalue weighted by atomic mass is 16.3. The highest BCUT2D eigenvalue weighted by Crippen LogP contribution is 2.20. The highest BCUT2D eigenvalue weighted by molar-refractivity contribution is 5.44. The predicted octanol–water partition coefficient (Wildman–Crippen LogP) is 4.09. The van der Waals surface area contributed by atoms with Crippen LogP contribution in [0.25, 0.3) is 0 Å². The SMILES string of the molecule is CCCCCCCCCCCCc1c(O)c1=O. The number of hydrogen-bond acceptors (Lipinski definition) is 2. The van der Waals surface area contributed by atoms with Gasteiger partial charge in [0.1, 0.15) is 0 Å². The molecule has 0 aliphatic carbocycles. The van der Waals surface area contributed by atoms with E-state index in [1.54, 1.807) is 0 Å². The Labute approximate surface area is 105 Å². The minimum absolute atomic E-state index is 0.0425. The molecule has 0 saturated heterocycles. The van der Waals surface area contributed by atoms with Gasteiger partial charge in [0.2, 0.25) is 5.43 Å². The van der Waals surface area contributed by atoms with Gasteiger partial charge in [-0.2, -0.15) is 0 Å². The number of hydrogen-bond donors (Lipinski definition) is 1. The average molecular weight is 238 g/mol. The maximum atomic E-state index is 10.8. The van der Waals surface area contributed by atoms with Crippen LogP contribution < -0.4 is 5.43 Å². The summed E-state index contributed by atoms with van der Waals surface area (Å²) in [4.78, 5) is 10.8. The zero-order valence-corrected chi connectivity index (χ0v) is 11.1. The molecule has 0 aromatic heterocycles. The molecule has 1 N–H and O–H groups in total. The van der Waals surface area contributed by atoms with Gasteiger partial charge in [-0.25, -0.2) is 0 Å². The summed E-state index contributed by atoms with van der Waals surface area (Å²) in [5, 5.41) is 8.97.